The van der Waals surface area contributed by atoms with Crippen LogP contribution in [0.3, 0.4) is 0 Å². The van der Waals surface area contributed by atoms with Crippen LogP contribution in [0.2, 0.25) is 0 Å². The maximum Gasteiger partial charge on any atom is 0.237 e. The molecule has 7 heteroatoms. The molecule has 0 atom stereocenters. The standard InChI is InChI=1S/C21H33N5O2/c1-16(2)11-20(27)24-9-5-18(6-10-24)26-19-14-25(13-17(19)12-22-26)21(28)15-23-7-3-4-8-23/h12,16,18H,3-11,13-15H2,1-2H3. The molecule has 4 heterocycles. The SMILES string of the molecule is CC(C)CC(=O)N1CCC(n2ncc3c2CN(C(=O)CN2CCCC2)C3)CC1. The molecular weight excluding hydrogens is 354 g/mol. The first-order valence-corrected chi connectivity index (χ1v) is 10.8. The van der Waals surface area contributed by atoms with Gasteiger partial charge in [-0.25, -0.2) is 0 Å². The van der Waals surface area contributed by atoms with E-state index >= 15 is 0 Å². The third kappa shape index (κ3) is 4.09. The lowest BCUT2D eigenvalue weighted by atomic mass is 10.0. The normalized spacial score (nSPS) is 21.0. The molecule has 1 aromatic rings. The molecule has 0 aliphatic carbocycles. The van der Waals surface area contributed by atoms with Crippen LogP contribution in [0.15, 0.2) is 6.20 Å². The van der Waals surface area contributed by atoms with Crippen LogP contribution in [0, 0.1) is 5.92 Å². The van der Waals surface area contributed by atoms with Crippen molar-refractivity contribution in [3.63, 3.8) is 0 Å². The number of carbonyl (C=O) groups excluding carboxylic acids is 2. The highest BCUT2D eigenvalue weighted by atomic mass is 16.2. The number of fused-ring (bicyclic) bond motifs is 1. The molecule has 3 aliphatic heterocycles. The van der Waals surface area contributed by atoms with Crippen molar-refractivity contribution >= 4 is 11.8 Å². The fraction of sp³-hybridized carbons (Fsp3) is 0.762. The molecule has 28 heavy (non-hydrogen) atoms. The van der Waals surface area contributed by atoms with E-state index in [1.807, 2.05) is 16.0 Å². The molecular formula is C21H33N5O2. The molecule has 0 unspecified atom stereocenters. The van der Waals surface area contributed by atoms with Crippen LogP contribution < -0.4 is 0 Å². The van der Waals surface area contributed by atoms with Gasteiger partial charge in [0.25, 0.3) is 0 Å². The molecule has 2 saturated heterocycles. The maximum atomic E-state index is 12.7. The quantitative estimate of drug-likeness (QED) is 0.776. The zero-order valence-electron chi connectivity index (χ0n) is 17.3. The number of piperidine rings is 1. The molecule has 0 spiro atoms. The highest BCUT2D eigenvalue weighted by Crippen LogP contribution is 2.30. The summed E-state index contributed by atoms with van der Waals surface area (Å²) in [6.07, 6.45) is 6.88. The summed E-state index contributed by atoms with van der Waals surface area (Å²) in [4.78, 5) is 31.2. The molecule has 2 fully saturated rings. The van der Waals surface area contributed by atoms with Gasteiger partial charge < -0.3 is 9.80 Å². The molecule has 0 bridgehead atoms. The maximum absolute atomic E-state index is 12.7. The molecule has 3 aliphatic rings. The Hall–Kier alpha value is -1.89. The molecule has 7 nitrogen and oxygen atoms in total. The molecule has 4 rings (SSSR count). The van der Waals surface area contributed by atoms with Crippen LogP contribution >= 0.6 is 0 Å². The van der Waals surface area contributed by atoms with E-state index < -0.39 is 0 Å². The van der Waals surface area contributed by atoms with E-state index in [0.717, 1.165) is 39.0 Å². The minimum atomic E-state index is 0.235. The first kappa shape index (κ1) is 19.4. The number of hydrogen-bond acceptors (Lipinski definition) is 4. The Kier molecular flexibility index (Phi) is 5.71. The minimum absolute atomic E-state index is 0.235. The number of nitrogens with zero attached hydrogens (tertiary/aromatic N) is 5. The summed E-state index contributed by atoms with van der Waals surface area (Å²) in [5, 5.41) is 4.64. The molecule has 0 saturated carbocycles. The number of hydrogen-bond donors (Lipinski definition) is 0. The van der Waals surface area contributed by atoms with Crippen molar-refractivity contribution in [3.05, 3.63) is 17.5 Å². The van der Waals surface area contributed by atoms with Crippen LogP contribution in [0.25, 0.3) is 0 Å². The summed E-state index contributed by atoms with van der Waals surface area (Å²) in [6.45, 7) is 9.81. The van der Waals surface area contributed by atoms with Crippen molar-refractivity contribution in [1.82, 2.24) is 24.5 Å². The summed E-state index contributed by atoms with van der Waals surface area (Å²) in [5.41, 5.74) is 2.38. The zero-order valence-corrected chi connectivity index (χ0v) is 17.3. The van der Waals surface area contributed by atoms with E-state index in [-0.39, 0.29) is 11.8 Å². The average molecular weight is 388 g/mol. The molecule has 154 valence electrons. The highest BCUT2D eigenvalue weighted by molar-refractivity contribution is 5.79. The van der Waals surface area contributed by atoms with Crippen molar-refractivity contribution in [2.24, 2.45) is 5.92 Å². The van der Waals surface area contributed by atoms with Crippen molar-refractivity contribution in [3.8, 4) is 0 Å². The topological polar surface area (TPSA) is 61.7 Å². The van der Waals surface area contributed by atoms with Gasteiger partial charge in [-0.1, -0.05) is 13.8 Å². The van der Waals surface area contributed by atoms with E-state index in [4.69, 9.17) is 0 Å². The lowest BCUT2D eigenvalue weighted by Gasteiger charge is -2.33. The minimum Gasteiger partial charge on any atom is -0.343 e. The van der Waals surface area contributed by atoms with Gasteiger partial charge in [-0.15, -0.1) is 0 Å². The van der Waals surface area contributed by atoms with Crippen LogP contribution in [-0.4, -0.2) is 69.0 Å². The fourth-order valence-electron chi connectivity index (χ4n) is 4.73. The summed E-state index contributed by atoms with van der Waals surface area (Å²) in [7, 11) is 0. The molecule has 1 aromatic heterocycles. The predicted molar refractivity (Wildman–Crippen MR) is 106 cm³/mol. The Morgan fingerprint density at radius 2 is 1.75 bits per heavy atom. The zero-order chi connectivity index (χ0) is 19.7. The van der Waals surface area contributed by atoms with Crippen molar-refractivity contribution in [1.29, 1.82) is 0 Å². The molecule has 0 aromatic carbocycles. The molecule has 0 N–H and O–H groups in total. The number of amides is 2. The van der Waals surface area contributed by atoms with Crippen molar-refractivity contribution in [2.45, 2.75) is 65.1 Å². The van der Waals surface area contributed by atoms with Gasteiger partial charge in [0.05, 0.1) is 31.0 Å². The van der Waals surface area contributed by atoms with Gasteiger partial charge in [-0.05, 0) is 44.7 Å². The first-order chi connectivity index (χ1) is 13.5. The fourth-order valence-corrected chi connectivity index (χ4v) is 4.73. The van der Waals surface area contributed by atoms with Crippen molar-refractivity contribution < 1.29 is 9.59 Å². The third-order valence-corrected chi connectivity index (χ3v) is 6.34. The van der Waals surface area contributed by atoms with E-state index in [9.17, 15) is 9.59 Å². The summed E-state index contributed by atoms with van der Waals surface area (Å²) in [5.74, 6) is 0.917. The lowest BCUT2D eigenvalue weighted by molar-refractivity contribution is -0.134. The molecule has 0 radical (unpaired) electrons. The van der Waals surface area contributed by atoms with E-state index in [1.54, 1.807) is 0 Å². The highest BCUT2D eigenvalue weighted by Gasteiger charge is 2.32. The number of rotatable bonds is 5. The summed E-state index contributed by atoms with van der Waals surface area (Å²) in [6, 6.07) is 0.334. The summed E-state index contributed by atoms with van der Waals surface area (Å²) >= 11 is 0. The summed E-state index contributed by atoms with van der Waals surface area (Å²) < 4.78 is 2.14. The van der Waals surface area contributed by atoms with E-state index in [2.05, 4.69) is 28.5 Å². The number of likely N-dealkylation sites (tertiary alicyclic amines) is 2. The second-order valence-electron chi connectivity index (χ2n) is 9.00. The van der Waals surface area contributed by atoms with Crippen LogP contribution in [0.4, 0.5) is 0 Å². The average Bonchev–Trinajstić information content (AvgIpc) is 3.38. The van der Waals surface area contributed by atoms with Gasteiger partial charge in [0.15, 0.2) is 0 Å². The Bertz CT molecular complexity index is 714. The van der Waals surface area contributed by atoms with Gasteiger partial charge in [0.1, 0.15) is 0 Å². The number of carbonyl (C=O) groups is 2. The van der Waals surface area contributed by atoms with Gasteiger partial charge >= 0.3 is 0 Å². The second kappa shape index (κ2) is 8.23. The van der Waals surface area contributed by atoms with Gasteiger partial charge in [0.2, 0.25) is 11.8 Å². The second-order valence-corrected chi connectivity index (χ2v) is 9.00. The Morgan fingerprint density at radius 3 is 2.43 bits per heavy atom. The Labute approximate surface area is 167 Å². The lowest BCUT2D eigenvalue weighted by Crippen LogP contribution is -2.40. The smallest absolute Gasteiger partial charge is 0.237 e. The van der Waals surface area contributed by atoms with Crippen LogP contribution in [0.5, 0.6) is 0 Å². The number of aromatic nitrogens is 2. The monoisotopic (exact) mass is 387 g/mol. The van der Waals surface area contributed by atoms with Crippen molar-refractivity contribution in [2.75, 3.05) is 32.7 Å². The van der Waals surface area contributed by atoms with Gasteiger partial charge in [-0.3, -0.25) is 19.2 Å². The Balaban J connectivity index is 1.33. The van der Waals surface area contributed by atoms with Crippen LogP contribution in [-0.2, 0) is 22.7 Å². The van der Waals surface area contributed by atoms with E-state index in [1.165, 1.54) is 24.1 Å². The first-order valence-electron chi connectivity index (χ1n) is 10.8. The van der Waals surface area contributed by atoms with E-state index in [0.29, 0.717) is 38.0 Å². The molecule has 2 amide bonds. The third-order valence-electron chi connectivity index (χ3n) is 6.34. The van der Waals surface area contributed by atoms with Gasteiger partial charge in [-0.2, -0.15) is 5.10 Å². The van der Waals surface area contributed by atoms with Gasteiger partial charge in [0, 0.05) is 31.6 Å². The predicted octanol–water partition coefficient (Wildman–Crippen LogP) is 2.03. The largest absolute Gasteiger partial charge is 0.343 e. The van der Waals surface area contributed by atoms with Crippen LogP contribution in [0.1, 0.15) is 63.3 Å². The Morgan fingerprint density at radius 1 is 1.04 bits per heavy atom.